The Hall–Kier alpha value is -2.11. The molecule has 21 heavy (non-hydrogen) atoms. The van der Waals surface area contributed by atoms with E-state index in [-0.39, 0.29) is 11.8 Å². The number of fused-ring (bicyclic) bond motifs is 1. The van der Waals surface area contributed by atoms with Gasteiger partial charge >= 0.3 is 6.61 Å². The fraction of sp³-hybridized carbons (Fsp3) is 0.400. The molecule has 1 N–H and O–H groups in total. The van der Waals surface area contributed by atoms with Gasteiger partial charge in [0, 0.05) is 12.7 Å². The Morgan fingerprint density at radius 1 is 1.38 bits per heavy atom. The minimum atomic E-state index is -2.79. The van der Waals surface area contributed by atoms with Crippen LogP contribution in [0.1, 0.15) is 30.6 Å². The largest absolute Gasteiger partial charge is 0.435 e. The number of aryl methyl sites for hydroxylation is 1. The molecular formula is C15H17F2N3O. The van der Waals surface area contributed by atoms with Crippen molar-refractivity contribution in [3.8, 4) is 5.75 Å². The van der Waals surface area contributed by atoms with Gasteiger partial charge in [0.2, 0.25) is 5.95 Å². The first-order valence-electron chi connectivity index (χ1n) is 7.03. The van der Waals surface area contributed by atoms with E-state index in [1.165, 1.54) is 0 Å². The summed E-state index contributed by atoms with van der Waals surface area (Å²) in [5, 5.41) is 3.28. The fourth-order valence-corrected chi connectivity index (χ4v) is 2.64. The van der Waals surface area contributed by atoms with Gasteiger partial charge in [-0.25, -0.2) is 4.98 Å². The molecule has 6 heteroatoms. The second-order valence-electron chi connectivity index (χ2n) is 5.00. The molecule has 0 saturated heterocycles. The summed E-state index contributed by atoms with van der Waals surface area (Å²) in [6.45, 7) is 0.127. The molecular weight excluding hydrogens is 276 g/mol. The Balaban J connectivity index is 1.86. The highest BCUT2D eigenvalue weighted by Gasteiger charge is 2.22. The third-order valence-corrected chi connectivity index (χ3v) is 3.67. The van der Waals surface area contributed by atoms with Crippen LogP contribution >= 0.6 is 0 Å². The summed E-state index contributed by atoms with van der Waals surface area (Å²) >= 11 is 0. The first-order chi connectivity index (χ1) is 10.2. The molecule has 0 spiro atoms. The van der Waals surface area contributed by atoms with Gasteiger partial charge in [0.1, 0.15) is 5.75 Å². The molecule has 1 aromatic carbocycles. The zero-order chi connectivity index (χ0) is 14.8. The van der Waals surface area contributed by atoms with Crippen LogP contribution in [0.15, 0.2) is 30.5 Å². The Labute approximate surface area is 121 Å². The highest BCUT2D eigenvalue weighted by Crippen LogP contribution is 2.31. The summed E-state index contributed by atoms with van der Waals surface area (Å²) in [4.78, 5) is 4.53. The normalized spacial score (nSPS) is 17.4. The zero-order valence-corrected chi connectivity index (χ0v) is 11.7. The van der Waals surface area contributed by atoms with Crippen LogP contribution in [-0.4, -0.2) is 22.7 Å². The van der Waals surface area contributed by atoms with E-state index in [4.69, 9.17) is 0 Å². The van der Waals surface area contributed by atoms with Crippen molar-refractivity contribution in [1.82, 2.24) is 9.55 Å². The molecule has 1 aromatic heterocycles. The van der Waals surface area contributed by atoms with Crippen LogP contribution in [0.4, 0.5) is 14.7 Å². The molecule has 4 nitrogen and oxygen atoms in total. The van der Waals surface area contributed by atoms with Gasteiger partial charge in [0.05, 0.1) is 11.7 Å². The van der Waals surface area contributed by atoms with Crippen molar-refractivity contribution >= 4 is 5.95 Å². The monoisotopic (exact) mass is 293 g/mol. The number of rotatable bonds is 4. The molecule has 0 saturated carbocycles. The summed E-state index contributed by atoms with van der Waals surface area (Å²) in [5.41, 5.74) is 2.11. The number of alkyl halides is 2. The van der Waals surface area contributed by atoms with Crippen LogP contribution in [0.5, 0.6) is 5.75 Å². The van der Waals surface area contributed by atoms with E-state index in [0.717, 1.165) is 36.6 Å². The Bertz CT molecular complexity index is 610. The van der Waals surface area contributed by atoms with Crippen molar-refractivity contribution in [2.45, 2.75) is 32.4 Å². The molecule has 0 bridgehead atoms. The SMILES string of the molecule is CCc1cn2c(n1)NCCC2c1ccc(OC(F)F)cc1. The van der Waals surface area contributed by atoms with E-state index in [2.05, 4.69) is 32.7 Å². The van der Waals surface area contributed by atoms with Crippen LogP contribution in [0.25, 0.3) is 0 Å². The van der Waals surface area contributed by atoms with Gasteiger partial charge in [-0.05, 0) is 30.5 Å². The van der Waals surface area contributed by atoms with Gasteiger partial charge in [0.15, 0.2) is 0 Å². The van der Waals surface area contributed by atoms with E-state index in [9.17, 15) is 8.78 Å². The summed E-state index contributed by atoms with van der Waals surface area (Å²) < 4.78 is 30.8. The maximum absolute atomic E-state index is 12.2. The van der Waals surface area contributed by atoms with Gasteiger partial charge in [-0.2, -0.15) is 8.78 Å². The molecule has 2 heterocycles. The van der Waals surface area contributed by atoms with Gasteiger partial charge in [0.25, 0.3) is 0 Å². The molecule has 1 aliphatic rings. The lowest BCUT2D eigenvalue weighted by Crippen LogP contribution is -2.23. The first kappa shape index (κ1) is 13.9. The molecule has 1 unspecified atom stereocenters. The lowest BCUT2D eigenvalue weighted by Gasteiger charge is -2.26. The number of anilines is 1. The standard InChI is InChI=1S/C15H17F2N3O/c1-2-11-9-20-13(7-8-18-15(20)19-11)10-3-5-12(6-4-10)21-14(16)17/h3-6,9,13-14H,2,7-8H2,1H3,(H,18,19). The zero-order valence-electron chi connectivity index (χ0n) is 11.7. The van der Waals surface area contributed by atoms with E-state index in [0.29, 0.717) is 0 Å². The predicted molar refractivity (Wildman–Crippen MR) is 75.9 cm³/mol. The summed E-state index contributed by atoms with van der Waals surface area (Å²) in [5.74, 6) is 1.05. The molecule has 112 valence electrons. The van der Waals surface area contributed by atoms with Crippen LogP contribution in [0.2, 0.25) is 0 Å². The fourth-order valence-electron chi connectivity index (χ4n) is 2.64. The summed E-state index contributed by atoms with van der Waals surface area (Å²) in [7, 11) is 0. The third kappa shape index (κ3) is 2.84. The van der Waals surface area contributed by atoms with Gasteiger partial charge in [-0.3, -0.25) is 0 Å². The molecule has 0 fully saturated rings. The number of benzene rings is 1. The number of hydrogen-bond acceptors (Lipinski definition) is 3. The first-order valence-corrected chi connectivity index (χ1v) is 7.03. The summed E-state index contributed by atoms with van der Waals surface area (Å²) in [6, 6.07) is 7.02. The summed E-state index contributed by atoms with van der Waals surface area (Å²) in [6.07, 6.45) is 3.87. The van der Waals surface area contributed by atoms with Crippen LogP contribution < -0.4 is 10.1 Å². The molecule has 0 aliphatic carbocycles. The molecule has 0 radical (unpaired) electrons. The average molecular weight is 293 g/mol. The highest BCUT2D eigenvalue weighted by atomic mass is 19.3. The minimum absolute atomic E-state index is 0.176. The van der Waals surface area contributed by atoms with Crippen molar-refractivity contribution in [2.24, 2.45) is 0 Å². The second kappa shape index (κ2) is 5.71. The topological polar surface area (TPSA) is 39.1 Å². The Morgan fingerprint density at radius 3 is 2.81 bits per heavy atom. The van der Waals surface area contributed by atoms with Crippen molar-refractivity contribution < 1.29 is 13.5 Å². The number of nitrogens with one attached hydrogen (secondary N) is 1. The molecule has 2 aromatic rings. The van der Waals surface area contributed by atoms with Gasteiger partial charge in [-0.15, -0.1) is 0 Å². The quantitative estimate of drug-likeness (QED) is 0.938. The third-order valence-electron chi connectivity index (χ3n) is 3.67. The minimum Gasteiger partial charge on any atom is -0.435 e. The second-order valence-corrected chi connectivity index (χ2v) is 5.00. The number of hydrogen-bond donors (Lipinski definition) is 1. The number of ether oxygens (including phenoxy) is 1. The van der Waals surface area contributed by atoms with Crippen molar-refractivity contribution in [1.29, 1.82) is 0 Å². The van der Waals surface area contributed by atoms with E-state index in [1.807, 2.05) is 12.1 Å². The van der Waals surface area contributed by atoms with Crippen molar-refractivity contribution in [3.63, 3.8) is 0 Å². The lowest BCUT2D eigenvalue weighted by atomic mass is 10.0. The smallest absolute Gasteiger partial charge is 0.387 e. The van der Waals surface area contributed by atoms with Crippen LogP contribution in [0, 0.1) is 0 Å². The average Bonchev–Trinajstić information content (AvgIpc) is 2.90. The van der Waals surface area contributed by atoms with Crippen LogP contribution in [0.3, 0.4) is 0 Å². The number of halogens is 2. The van der Waals surface area contributed by atoms with Crippen molar-refractivity contribution in [2.75, 3.05) is 11.9 Å². The molecule has 1 aliphatic heterocycles. The maximum atomic E-state index is 12.2. The number of imidazole rings is 1. The van der Waals surface area contributed by atoms with Crippen molar-refractivity contribution in [3.05, 3.63) is 41.7 Å². The predicted octanol–water partition coefficient (Wildman–Crippen LogP) is 3.45. The Morgan fingerprint density at radius 2 is 2.14 bits per heavy atom. The molecule has 1 atom stereocenters. The maximum Gasteiger partial charge on any atom is 0.387 e. The number of nitrogens with zero attached hydrogens (tertiary/aromatic N) is 2. The van der Waals surface area contributed by atoms with Gasteiger partial charge < -0.3 is 14.6 Å². The molecule has 0 amide bonds. The van der Waals surface area contributed by atoms with E-state index < -0.39 is 6.61 Å². The van der Waals surface area contributed by atoms with E-state index >= 15 is 0 Å². The molecule has 3 rings (SSSR count). The Kier molecular flexibility index (Phi) is 3.77. The number of aromatic nitrogens is 2. The van der Waals surface area contributed by atoms with E-state index in [1.54, 1.807) is 12.1 Å². The highest BCUT2D eigenvalue weighted by molar-refractivity contribution is 5.37. The van der Waals surface area contributed by atoms with Crippen LogP contribution in [-0.2, 0) is 6.42 Å². The lowest BCUT2D eigenvalue weighted by molar-refractivity contribution is -0.0498. The van der Waals surface area contributed by atoms with Gasteiger partial charge in [-0.1, -0.05) is 19.1 Å².